The number of carbonyl (C=O) groups is 1. The fourth-order valence-electron chi connectivity index (χ4n) is 3.33. The third-order valence-electron chi connectivity index (χ3n) is 4.73. The number of rotatable bonds is 4. The molecule has 8 heteroatoms. The van der Waals surface area contributed by atoms with Crippen molar-refractivity contribution < 1.29 is 9.53 Å². The minimum absolute atomic E-state index is 0. The fourth-order valence-corrected chi connectivity index (χ4v) is 3.33. The van der Waals surface area contributed by atoms with E-state index in [1.165, 1.54) is 38.8 Å². The van der Waals surface area contributed by atoms with Crippen LogP contribution in [-0.4, -0.2) is 92.8 Å². The standard InChI is InChI=1S/C17H33N5O2.HI/c1-3-24-17(23)22-14-12-21(13-15-22)16(18-2)19-8-11-20-9-6-4-5-7-10-20;/h3-15H2,1-2H3,(H,18,19);1H. The molecule has 2 heterocycles. The monoisotopic (exact) mass is 467 g/mol. The minimum atomic E-state index is -0.207. The molecule has 0 unspecified atom stereocenters. The van der Waals surface area contributed by atoms with Crippen molar-refractivity contribution in [2.24, 2.45) is 4.99 Å². The highest BCUT2D eigenvalue weighted by Crippen LogP contribution is 2.09. The van der Waals surface area contributed by atoms with Crippen LogP contribution in [0.4, 0.5) is 4.79 Å². The third kappa shape index (κ3) is 7.55. The van der Waals surface area contributed by atoms with Gasteiger partial charge < -0.3 is 24.8 Å². The molecule has 2 saturated heterocycles. The van der Waals surface area contributed by atoms with Crippen molar-refractivity contribution in [3.05, 3.63) is 0 Å². The normalized spacial score (nSPS) is 19.8. The summed E-state index contributed by atoms with van der Waals surface area (Å²) in [6, 6.07) is 0. The number of ether oxygens (including phenoxy) is 1. The molecule has 7 nitrogen and oxygen atoms in total. The topological polar surface area (TPSA) is 60.4 Å². The van der Waals surface area contributed by atoms with Gasteiger partial charge in [0.15, 0.2) is 5.96 Å². The van der Waals surface area contributed by atoms with Crippen LogP contribution in [0.3, 0.4) is 0 Å². The van der Waals surface area contributed by atoms with Crippen LogP contribution >= 0.6 is 24.0 Å². The molecule has 25 heavy (non-hydrogen) atoms. The van der Waals surface area contributed by atoms with Crippen molar-refractivity contribution in [3.63, 3.8) is 0 Å². The van der Waals surface area contributed by atoms with Crippen molar-refractivity contribution in [1.29, 1.82) is 0 Å². The summed E-state index contributed by atoms with van der Waals surface area (Å²) in [6.45, 7) is 9.66. The zero-order valence-electron chi connectivity index (χ0n) is 15.7. The molecule has 0 saturated carbocycles. The van der Waals surface area contributed by atoms with Gasteiger partial charge in [0.1, 0.15) is 0 Å². The molecule has 0 bridgehead atoms. The van der Waals surface area contributed by atoms with Gasteiger partial charge in [0.05, 0.1) is 6.61 Å². The molecule has 1 amide bonds. The van der Waals surface area contributed by atoms with Crippen LogP contribution in [0.5, 0.6) is 0 Å². The predicted octanol–water partition coefficient (Wildman–Crippen LogP) is 1.83. The molecule has 2 aliphatic heterocycles. The zero-order valence-corrected chi connectivity index (χ0v) is 18.0. The number of nitrogens with one attached hydrogen (secondary N) is 1. The Kier molecular flexibility index (Phi) is 11.2. The largest absolute Gasteiger partial charge is 0.450 e. The van der Waals surface area contributed by atoms with E-state index in [0.29, 0.717) is 19.7 Å². The van der Waals surface area contributed by atoms with E-state index in [4.69, 9.17) is 4.74 Å². The van der Waals surface area contributed by atoms with Gasteiger partial charge in [-0.3, -0.25) is 4.99 Å². The number of amides is 1. The lowest BCUT2D eigenvalue weighted by Gasteiger charge is -2.36. The molecular formula is C17H34IN5O2. The van der Waals surface area contributed by atoms with E-state index in [9.17, 15) is 4.79 Å². The van der Waals surface area contributed by atoms with Crippen molar-refractivity contribution in [3.8, 4) is 0 Å². The molecule has 2 rings (SSSR count). The second-order valence-electron chi connectivity index (χ2n) is 6.40. The molecule has 146 valence electrons. The summed E-state index contributed by atoms with van der Waals surface area (Å²) in [6.07, 6.45) is 5.18. The van der Waals surface area contributed by atoms with Gasteiger partial charge in [-0.2, -0.15) is 0 Å². The van der Waals surface area contributed by atoms with Gasteiger partial charge in [-0.1, -0.05) is 12.8 Å². The maximum atomic E-state index is 11.8. The molecule has 0 aliphatic carbocycles. The number of hydrogen-bond acceptors (Lipinski definition) is 4. The molecular weight excluding hydrogens is 433 g/mol. The number of likely N-dealkylation sites (tertiary alicyclic amines) is 1. The number of piperazine rings is 1. The molecule has 1 N–H and O–H groups in total. The van der Waals surface area contributed by atoms with Crippen molar-refractivity contribution >= 4 is 36.0 Å². The van der Waals surface area contributed by atoms with Crippen LogP contribution in [0, 0.1) is 0 Å². The molecule has 0 spiro atoms. The third-order valence-corrected chi connectivity index (χ3v) is 4.73. The molecule has 0 atom stereocenters. The second kappa shape index (κ2) is 12.6. The molecule has 2 aliphatic rings. The number of aliphatic imine (C=N–C) groups is 1. The minimum Gasteiger partial charge on any atom is -0.450 e. The van der Waals surface area contributed by atoms with E-state index in [2.05, 4.69) is 20.1 Å². The van der Waals surface area contributed by atoms with Gasteiger partial charge in [-0.15, -0.1) is 24.0 Å². The number of halogens is 1. The Bertz CT molecular complexity index is 406. The number of hydrogen-bond donors (Lipinski definition) is 1. The van der Waals surface area contributed by atoms with E-state index in [-0.39, 0.29) is 30.1 Å². The van der Waals surface area contributed by atoms with E-state index >= 15 is 0 Å². The van der Waals surface area contributed by atoms with E-state index < -0.39 is 0 Å². The summed E-state index contributed by atoms with van der Waals surface area (Å²) in [4.78, 5) is 22.7. The Morgan fingerprint density at radius 1 is 1.00 bits per heavy atom. The quantitative estimate of drug-likeness (QED) is 0.389. The van der Waals surface area contributed by atoms with Crippen LogP contribution in [-0.2, 0) is 4.74 Å². The molecule has 0 aromatic heterocycles. The number of nitrogens with zero attached hydrogens (tertiary/aromatic N) is 4. The van der Waals surface area contributed by atoms with Crippen LogP contribution in [0.25, 0.3) is 0 Å². The summed E-state index contributed by atoms with van der Waals surface area (Å²) in [5.41, 5.74) is 0. The zero-order chi connectivity index (χ0) is 17.2. The van der Waals surface area contributed by atoms with Gasteiger partial charge >= 0.3 is 6.09 Å². The predicted molar refractivity (Wildman–Crippen MR) is 112 cm³/mol. The van der Waals surface area contributed by atoms with E-state index in [1.54, 1.807) is 4.90 Å². The summed E-state index contributed by atoms with van der Waals surface area (Å²) >= 11 is 0. The summed E-state index contributed by atoms with van der Waals surface area (Å²) in [7, 11) is 1.83. The highest BCUT2D eigenvalue weighted by atomic mass is 127. The SMILES string of the molecule is CCOC(=O)N1CCN(C(=NC)NCCN2CCCCCC2)CC1.I. The molecule has 0 radical (unpaired) electrons. The average Bonchev–Trinajstić information content (AvgIpc) is 2.88. The van der Waals surface area contributed by atoms with E-state index in [0.717, 1.165) is 32.1 Å². The Morgan fingerprint density at radius 3 is 2.16 bits per heavy atom. The highest BCUT2D eigenvalue weighted by molar-refractivity contribution is 14.0. The van der Waals surface area contributed by atoms with Gasteiger partial charge in [0.2, 0.25) is 0 Å². The van der Waals surface area contributed by atoms with E-state index in [1.807, 2.05) is 14.0 Å². The van der Waals surface area contributed by atoms with Crippen LogP contribution in [0.2, 0.25) is 0 Å². The summed E-state index contributed by atoms with van der Waals surface area (Å²) < 4.78 is 5.06. The number of guanidine groups is 1. The van der Waals surface area contributed by atoms with Crippen LogP contribution < -0.4 is 5.32 Å². The van der Waals surface area contributed by atoms with Gasteiger partial charge in [0.25, 0.3) is 0 Å². The fraction of sp³-hybridized carbons (Fsp3) is 0.882. The molecule has 0 aromatic carbocycles. The summed E-state index contributed by atoms with van der Waals surface area (Å²) in [5.74, 6) is 0.938. The van der Waals surface area contributed by atoms with Crippen LogP contribution in [0.1, 0.15) is 32.6 Å². The van der Waals surface area contributed by atoms with Crippen molar-refractivity contribution in [1.82, 2.24) is 20.0 Å². The van der Waals surface area contributed by atoms with Gasteiger partial charge in [-0.05, 0) is 32.9 Å². The lowest BCUT2D eigenvalue weighted by atomic mass is 10.2. The Balaban J connectivity index is 0.00000312. The molecule has 2 fully saturated rings. The Labute approximate surface area is 169 Å². The maximum Gasteiger partial charge on any atom is 0.409 e. The first kappa shape index (κ1) is 22.3. The van der Waals surface area contributed by atoms with Crippen molar-refractivity contribution in [2.75, 3.05) is 66.0 Å². The first-order valence-corrected chi connectivity index (χ1v) is 9.34. The first-order valence-electron chi connectivity index (χ1n) is 9.34. The second-order valence-corrected chi connectivity index (χ2v) is 6.40. The lowest BCUT2D eigenvalue weighted by molar-refractivity contribution is 0.0914. The van der Waals surface area contributed by atoms with Gasteiger partial charge in [-0.25, -0.2) is 4.79 Å². The lowest BCUT2D eigenvalue weighted by Crippen LogP contribution is -2.54. The number of carbonyl (C=O) groups excluding carboxylic acids is 1. The van der Waals surface area contributed by atoms with Crippen LogP contribution in [0.15, 0.2) is 4.99 Å². The maximum absolute atomic E-state index is 11.8. The molecule has 0 aromatic rings. The first-order chi connectivity index (χ1) is 11.7. The summed E-state index contributed by atoms with van der Waals surface area (Å²) in [5, 5.41) is 3.48. The average molecular weight is 467 g/mol. The van der Waals surface area contributed by atoms with Crippen molar-refractivity contribution in [2.45, 2.75) is 32.6 Å². The Morgan fingerprint density at radius 2 is 1.60 bits per heavy atom. The highest BCUT2D eigenvalue weighted by Gasteiger charge is 2.23. The smallest absolute Gasteiger partial charge is 0.409 e. The van der Waals surface area contributed by atoms with Gasteiger partial charge in [0, 0.05) is 46.3 Å². The Hall–Kier alpha value is -0.770.